The van der Waals surface area contributed by atoms with Crippen molar-refractivity contribution in [1.29, 1.82) is 0 Å². The van der Waals surface area contributed by atoms with E-state index in [-0.39, 0.29) is 5.56 Å². The highest BCUT2D eigenvalue weighted by Crippen LogP contribution is 2.29. The van der Waals surface area contributed by atoms with Crippen molar-refractivity contribution < 1.29 is 14.6 Å². The van der Waals surface area contributed by atoms with Crippen molar-refractivity contribution in [3.8, 4) is 5.75 Å². The molecule has 0 spiro atoms. The van der Waals surface area contributed by atoms with Crippen LogP contribution >= 0.6 is 22.6 Å². The van der Waals surface area contributed by atoms with Gasteiger partial charge in [0.05, 0.1) is 12.6 Å². The summed E-state index contributed by atoms with van der Waals surface area (Å²) in [5.74, 6) is -0.680. The van der Waals surface area contributed by atoms with Crippen molar-refractivity contribution in [3.05, 3.63) is 33.5 Å². The van der Waals surface area contributed by atoms with E-state index >= 15 is 0 Å². The van der Waals surface area contributed by atoms with Gasteiger partial charge in [-0.15, -0.1) is 0 Å². The fourth-order valence-electron chi connectivity index (χ4n) is 1.51. The van der Waals surface area contributed by atoms with Crippen LogP contribution in [0.2, 0.25) is 0 Å². The Morgan fingerprint density at radius 1 is 1.50 bits per heavy atom. The fraction of sp³-hybridized carbons (Fsp3) is 0.0909. The molecule has 16 heavy (non-hydrogen) atoms. The summed E-state index contributed by atoms with van der Waals surface area (Å²) < 4.78 is 6.16. The van der Waals surface area contributed by atoms with Gasteiger partial charge in [-0.25, -0.2) is 4.79 Å². The summed E-state index contributed by atoms with van der Waals surface area (Å²) in [5.41, 5.74) is 0.805. The van der Waals surface area contributed by atoms with Crippen molar-refractivity contribution in [1.82, 2.24) is 4.98 Å². The zero-order chi connectivity index (χ0) is 11.7. The lowest BCUT2D eigenvalue weighted by molar-refractivity contribution is 0.0693. The highest BCUT2D eigenvalue weighted by Gasteiger charge is 2.15. The number of pyridine rings is 1. The molecular formula is C11H8INO3. The van der Waals surface area contributed by atoms with Crippen molar-refractivity contribution >= 4 is 39.5 Å². The van der Waals surface area contributed by atoms with E-state index in [2.05, 4.69) is 27.6 Å². The van der Waals surface area contributed by atoms with Crippen LogP contribution in [-0.2, 0) is 0 Å². The predicted molar refractivity (Wildman–Crippen MR) is 68.0 cm³/mol. The van der Waals surface area contributed by atoms with Crippen LogP contribution in [0.4, 0.5) is 0 Å². The molecule has 2 rings (SSSR count). The zero-order valence-corrected chi connectivity index (χ0v) is 10.6. The number of carboxylic acid groups (broad SMARTS) is 1. The van der Waals surface area contributed by atoms with Crippen molar-refractivity contribution in [3.63, 3.8) is 0 Å². The second-order valence-corrected chi connectivity index (χ2v) is 4.42. The first-order valence-corrected chi connectivity index (χ1v) is 5.57. The molecule has 0 atom stereocenters. The molecule has 2 aromatic rings. The molecule has 0 saturated carbocycles. The van der Waals surface area contributed by atoms with Gasteiger partial charge in [-0.05, 0) is 40.8 Å². The fourth-order valence-corrected chi connectivity index (χ4v) is 2.00. The Bertz CT molecular complexity index is 568. The average molecular weight is 329 g/mol. The number of halogens is 1. The first kappa shape index (κ1) is 11.1. The van der Waals surface area contributed by atoms with E-state index in [0.717, 1.165) is 9.09 Å². The molecule has 0 unspecified atom stereocenters. The summed E-state index contributed by atoms with van der Waals surface area (Å²) in [7, 11) is 1.46. The highest BCUT2D eigenvalue weighted by molar-refractivity contribution is 14.1. The van der Waals surface area contributed by atoms with E-state index in [9.17, 15) is 4.79 Å². The summed E-state index contributed by atoms with van der Waals surface area (Å²) in [6.07, 6.45) is 1.32. The molecule has 0 fully saturated rings. The number of hydrogen-bond donors (Lipinski definition) is 1. The summed E-state index contributed by atoms with van der Waals surface area (Å²) in [5, 5.41) is 9.72. The first-order valence-electron chi connectivity index (χ1n) is 4.49. The first-order chi connectivity index (χ1) is 7.63. The lowest BCUT2D eigenvalue weighted by Crippen LogP contribution is -2.02. The number of aromatic nitrogens is 1. The molecule has 1 heterocycles. The molecule has 82 valence electrons. The van der Waals surface area contributed by atoms with Gasteiger partial charge in [-0.2, -0.15) is 0 Å². The van der Waals surface area contributed by atoms with Crippen LogP contribution in [0.5, 0.6) is 5.75 Å². The third-order valence-corrected chi connectivity index (χ3v) is 2.89. The smallest absolute Gasteiger partial charge is 0.341 e. The van der Waals surface area contributed by atoms with Gasteiger partial charge in [0.25, 0.3) is 0 Å². The van der Waals surface area contributed by atoms with Gasteiger partial charge in [0, 0.05) is 15.2 Å². The molecule has 0 aliphatic heterocycles. The highest BCUT2D eigenvalue weighted by atomic mass is 127. The number of aromatic carboxylic acids is 1. The quantitative estimate of drug-likeness (QED) is 0.861. The Morgan fingerprint density at radius 3 is 2.88 bits per heavy atom. The zero-order valence-electron chi connectivity index (χ0n) is 8.40. The molecule has 0 saturated heterocycles. The number of nitrogens with zero attached hydrogens (tertiary/aromatic N) is 1. The SMILES string of the molecule is COc1c(C(=O)O)cnc2ccc(I)cc12. The average Bonchev–Trinajstić information content (AvgIpc) is 2.27. The van der Waals surface area contributed by atoms with Crippen LogP contribution in [0, 0.1) is 3.57 Å². The van der Waals surface area contributed by atoms with Gasteiger partial charge >= 0.3 is 5.97 Å². The number of hydrogen-bond acceptors (Lipinski definition) is 3. The molecule has 0 radical (unpaired) electrons. The van der Waals surface area contributed by atoms with Gasteiger partial charge in [0.15, 0.2) is 0 Å². The number of carbonyl (C=O) groups is 1. The summed E-state index contributed by atoms with van der Waals surface area (Å²) >= 11 is 2.16. The molecule has 0 bridgehead atoms. The van der Waals surface area contributed by atoms with Crippen molar-refractivity contribution in [2.24, 2.45) is 0 Å². The van der Waals surface area contributed by atoms with E-state index < -0.39 is 5.97 Å². The Hall–Kier alpha value is -1.37. The van der Waals surface area contributed by atoms with E-state index in [0.29, 0.717) is 11.1 Å². The Labute approximate surface area is 105 Å². The number of carboxylic acids is 1. The minimum Gasteiger partial charge on any atom is -0.495 e. The standard InChI is InChI=1S/C11H8INO3/c1-16-10-7-4-6(12)2-3-9(7)13-5-8(10)11(14)15/h2-5H,1H3,(H,14,15). The Balaban J connectivity index is 2.83. The lowest BCUT2D eigenvalue weighted by atomic mass is 10.1. The van der Waals surface area contributed by atoms with Crippen LogP contribution in [0.25, 0.3) is 10.9 Å². The van der Waals surface area contributed by atoms with Crippen LogP contribution < -0.4 is 4.74 Å². The number of methoxy groups -OCH3 is 1. The van der Waals surface area contributed by atoms with Gasteiger partial charge < -0.3 is 9.84 Å². The number of fused-ring (bicyclic) bond motifs is 1. The molecule has 0 aliphatic rings. The van der Waals surface area contributed by atoms with Crippen molar-refractivity contribution in [2.75, 3.05) is 7.11 Å². The molecule has 1 N–H and O–H groups in total. The third kappa shape index (κ3) is 1.82. The molecule has 1 aromatic heterocycles. The van der Waals surface area contributed by atoms with Gasteiger partial charge in [-0.1, -0.05) is 0 Å². The maximum absolute atomic E-state index is 11.0. The lowest BCUT2D eigenvalue weighted by Gasteiger charge is -2.08. The molecule has 0 amide bonds. The van der Waals surface area contributed by atoms with Crippen LogP contribution in [0.15, 0.2) is 24.4 Å². The summed E-state index contributed by atoms with van der Waals surface area (Å²) in [6, 6.07) is 5.61. The van der Waals surface area contributed by atoms with Crippen molar-refractivity contribution in [2.45, 2.75) is 0 Å². The van der Waals surface area contributed by atoms with Crippen LogP contribution in [0.3, 0.4) is 0 Å². The minimum atomic E-state index is -1.04. The number of benzene rings is 1. The second kappa shape index (κ2) is 4.25. The van der Waals surface area contributed by atoms with Crippen LogP contribution in [-0.4, -0.2) is 23.2 Å². The normalized spacial score (nSPS) is 10.4. The number of rotatable bonds is 2. The van der Waals surface area contributed by atoms with Gasteiger partial charge in [-0.3, -0.25) is 4.98 Å². The van der Waals surface area contributed by atoms with E-state index in [1.165, 1.54) is 13.3 Å². The largest absolute Gasteiger partial charge is 0.495 e. The van der Waals surface area contributed by atoms with E-state index in [1.807, 2.05) is 18.2 Å². The number of ether oxygens (including phenoxy) is 1. The summed E-state index contributed by atoms with van der Waals surface area (Å²) in [6.45, 7) is 0. The molecule has 5 heteroatoms. The monoisotopic (exact) mass is 329 g/mol. The summed E-state index contributed by atoms with van der Waals surface area (Å²) in [4.78, 5) is 15.1. The molecule has 1 aromatic carbocycles. The van der Waals surface area contributed by atoms with Gasteiger partial charge in [0.2, 0.25) is 0 Å². The van der Waals surface area contributed by atoms with E-state index in [4.69, 9.17) is 9.84 Å². The predicted octanol–water partition coefficient (Wildman–Crippen LogP) is 2.55. The van der Waals surface area contributed by atoms with Crippen LogP contribution in [0.1, 0.15) is 10.4 Å². The van der Waals surface area contributed by atoms with Gasteiger partial charge in [0.1, 0.15) is 11.3 Å². The van der Waals surface area contributed by atoms with E-state index in [1.54, 1.807) is 0 Å². The molecule has 0 aliphatic carbocycles. The molecule has 4 nitrogen and oxygen atoms in total. The third-order valence-electron chi connectivity index (χ3n) is 2.22. The topological polar surface area (TPSA) is 59.4 Å². The minimum absolute atomic E-state index is 0.0806. The maximum atomic E-state index is 11.0. The second-order valence-electron chi connectivity index (χ2n) is 3.17. The Kier molecular flexibility index (Phi) is 2.95. The Morgan fingerprint density at radius 2 is 2.25 bits per heavy atom. The molecular weight excluding hydrogens is 321 g/mol. The maximum Gasteiger partial charge on any atom is 0.341 e.